The molecule has 0 aliphatic carbocycles. The lowest BCUT2D eigenvalue weighted by Crippen LogP contribution is -2.39. The van der Waals surface area contributed by atoms with Gasteiger partial charge in [-0.05, 0) is 18.9 Å². The number of amides is 1. The highest BCUT2D eigenvalue weighted by Crippen LogP contribution is 2.27. The van der Waals surface area contributed by atoms with Gasteiger partial charge in [0.05, 0.1) is 12.2 Å². The van der Waals surface area contributed by atoms with E-state index in [-0.39, 0.29) is 13.2 Å². The van der Waals surface area contributed by atoms with E-state index in [1.807, 2.05) is 13.8 Å². The number of aliphatic hydroxyl groups excluding tert-OH is 1. The summed E-state index contributed by atoms with van der Waals surface area (Å²) in [6.07, 6.45) is 1.15. The van der Waals surface area contributed by atoms with Gasteiger partial charge in [0, 0.05) is 12.0 Å². The van der Waals surface area contributed by atoms with Gasteiger partial charge in [0.2, 0.25) is 5.82 Å². The van der Waals surface area contributed by atoms with Crippen LogP contribution in [0.5, 0.6) is 5.75 Å². The Morgan fingerprint density at radius 2 is 1.81 bits per heavy atom. The molecule has 0 saturated heterocycles. The third-order valence-electron chi connectivity index (χ3n) is 3.84. The monoisotopic (exact) mass is 305 g/mol. The third-order valence-corrected chi connectivity index (χ3v) is 3.84. The molecule has 118 valence electrons. The second kappa shape index (κ2) is 6.80. The molecule has 21 heavy (non-hydrogen) atoms. The fourth-order valence-corrected chi connectivity index (χ4v) is 1.90. The zero-order valence-electron chi connectivity index (χ0n) is 11.8. The molecule has 0 aliphatic rings. The van der Waals surface area contributed by atoms with Gasteiger partial charge in [0.25, 0.3) is 5.91 Å². The molecule has 0 radical (unpaired) electrons. The van der Waals surface area contributed by atoms with E-state index in [0.717, 1.165) is 0 Å². The van der Waals surface area contributed by atoms with Gasteiger partial charge in [-0.25, -0.2) is 8.78 Å². The van der Waals surface area contributed by atoms with Gasteiger partial charge in [0.15, 0.2) is 17.4 Å². The fourth-order valence-electron chi connectivity index (χ4n) is 1.90. The Kier molecular flexibility index (Phi) is 5.60. The zero-order chi connectivity index (χ0) is 16.2. The molecule has 0 unspecified atom stereocenters. The molecule has 1 rings (SSSR count). The van der Waals surface area contributed by atoms with E-state index < -0.39 is 40.1 Å². The Bertz CT molecular complexity index is 522. The highest BCUT2D eigenvalue weighted by molar-refractivity contribution is 5.95. The molecule has 0 atom stereocenters. The molecule has 1 aromatic carbocycles. The van der Waals surface area contributed by atoms with E-state index in [1.165, 1.54) is 0 Å². The summed E-state index contributed by atoms with van der Waals surface area (Å²) in [5.41, 5.74) is -1.35. The van der Waals surface area contributed by atoms with Crippen molar-refractivity contribution in [2.24, 2.45) is 5.41 Å². The first kappa shape index (κ1) is 17.3. The topological polar surface area (TPSA) is 69.6 Å². The summed E-state index contributed by atoms with van der Waals surface area (Å²) < 4.78 is 39.7. The van der Waals surface area contributed by atoms with Crippen LogP contribution in [0.1, 0.15) is 37.0 Å². The lowest BCUT2D eigenvalue weighted by molar-refractivity contribution is 0.0846. The highest BCUT2D eigenvalue weighted by Gasteiger charge is 2.28. The van der Waals surface area contributed by atoms with Crippen molar-refractivity contribution in [3.8, 4) is 5.75 Å². The molecule has 0 aromatic heterocycles. The van der Waals surface area contributed by atoms with Crippen molar-refractivity contribution in [3.63, 3.8) is 0 Å². The Balaban J connectivity index is 2.96. The third kappa shape index (κ3) is 3.47. The van der Waals surface area contributed by atoms with Crippen LogP contribution in [0.3, 0.4) is 0 Å². The van der Waals surface area contributed by atoms with Gasteiger partial charge in [-0.1, -0.05) is 13.8 Å². The minimum atomic E-state index is -1.74. The number of phenols is 1. The second-order valence-electron chi connectivity index (χ2n) is 4.93. The van der Waals surface area contributed by atoms with Gasteiger partial charge < -0.3 is 15.5 Å². The number of rotatable bonds is 6. The van der Waals surface area contributed by atoms with Crippen LogP contribution in [0.25, 0.3) is 0 Å². The maximum absolute atomic E-state index is 13.6. The van der Waals surface area contributed by atoms with Crippen molar-refractivity contribution in [2.45, 2.75) is 26.7 Å². The van der Waals surface area contributed by atoms with Gasteiger partial charge in [-0.15, -0.1) is 0 Å². The van der Waals surface area contributed by atoms with Crippen LogP contribution in [0.15, 0.2) is 6.07 Å². The Morgan fingerprint density at radius 3 is 2.29 bits per heavy atom. The number of benzene rings is 1. The summed E-state index contributed by atoms with van der Waals surface area (Å²) in [5, 5.41) is 20.8. The lowest BCUT2D eigenvalue weighted by Gasteiger charge is -2.29. The van der Waals surface area contributed by atoms with Crippen molar-refractivity contribution in [1.29, 1.82) is 0 Å². The number of carbonyl (C=O) groups excluding carboxylic acids is 1. The van der Waals surface area contributed by atoms with E-state index in [2.05, 4.69) is 5.32 Å². The quantitative estimate of drug-likeness (QED) is 0.707. The molecule has 0 aliphatic heterocycles. The van der Waals surface area contributed by atoms with Crippen molar-refractivity contribution < 1.29 is 28.2 Å². The number of aliphatic hydroxyl groups is 1. The number of halogens is 3. The summed E-state index contributed by atoms with van der Waals surface area (Å²) in [5.74, 6) is -7.29. The van der Waals surface area contributed by atoms with Crippen LogP contribution < -0.4 is 5.32 Å². The molecule has 3 N–H and O–H groups in total. The molecule has 4 nitrogen and oxygen atoms in total. The van der Waals surface area contributed by atoms with E-state index in [9.17, 15) is 23.1 Å². The van der Waals surface area contributed by atoms with Gasteiger partial charge in [-0.2, -0.15) is 4.39 Å². The maximum Gasteiger partial charge on any atom is 0.254 e. The minimum Gasteiger partial charge on any atom is -0.503 e. The van der Waals surface area contributed by atoms with E-state index in [0.29, 0.717) is 18.9 Å². The van der Waals surface area contributed by atoms with Crippen molar-refractivity contribution in [1.82, 2.24) is 5.32 Å². The Morgan fingerprint density at radius 1 is 1.24 bits per heavy atom. The Labute approximate surface area is 120 Å². The Hall–Kier alpha value is -1.76. The van der Waals surface area contributed by atoms with Crippen LogP contribution in [-0.4, -0.2) is 29.3 Å². The molecule has 0 heterocycles. The first-order chi connectivity index (χ1) is 9.81. The second-order valence-corrected chi connectivity index (χ2v) is 4.93. The fraction of sp³-hybridized carbons (Fsp3) is 0.500. The predicted octanol–water partition coefficient (Wildman–Crippen LogP) is 2.34. The summed E-state index contributed by atoms with van der Waals surface area (Å²) >= 11 is 0. The van der Waals surface area contributed by atoms with Gasteiger partial charge >= 0.3 is 0 Å². The SMILES string of the molecule is CCC(CC)(CO)CNC(=O)c1cc(F)c(F)c(O)c1F. The molecule has 0 saturated carbocycles. The molecular formula is C14H18F3NO3. The summed E-state index contributed by atoms with van der Waals surface area (Å²) in [6, 6.07) is 0.387. The normalized spacial score (nSPS) is 11.5. The number of aromatic hydroxyl groups is 1. The van der Waals surface area contributed by atoms with Crippen LogP contribution >= 0.6 is 0 Å². The average Bonchev–Trinajstić information content (AvgIpc) is 2.50. The van der Waals surface area contributed by atoms with E-state index in [4.69, 9.17) is 5.11 Å². The van der Waals surface area contributed by atoms with Crippen LogP contribution in [-0.2, 0) is 0 Å². The predicted molar refractivity (Wildman–Crippen MR) is 70.4 cm³/mol. The van der Waals surface area contributed by atoms with Crippen molar-refractivity contribution >= 4 is 5.91 Å². The number of carbonyl (C=O) groups is 1. The lowest BCUT2D eigenvalue weighted by atomic mass is 9.83. The van der Waals surface area contributed by atoms with E-state index >= 15 is 0 Å². The molecule has 0 spiro atoms. The maximum atomic E-state index is 13.6. The van der Waals surface area contributed by atoms with E-state index in [1.54, 1.807) is 0 Å². The number of phenolic OH excluding ortho intramolecular Hbond substituents is 1. The van der Waals surface area contributed by atoms with Crippen LogP contribution in [0.4, 0.5) is 13.2 Å². The largest absolute Gasteiger partial charge is 0.503 e. The molecular weight excluding hydrogens is 287 g/mol. The molecule has 1 aromatic rings. The van der Waals surface area contributed by atoms with Crippen molar-refractivity contribution in [2.75, 3.05) is 13.2 Å². The molecule has 1 amide bonds. The van der Waals surface area contributed by atoms with Gasteiger partial charge in [-0.3, -0.25) is 4.79 Å². The number of nitrogens with one attached hydrogen (secondary N) is 1. The average molecular weight is 305 g/mol. The molecule has 0 bridgehead atoms. The molecule has 0 fully saturated rings. The van der Waals surface area contributed by atoms with Crippen LogP contribution in [0, 0.1) is 22.9 Å². The smallest absolute Gasteiger partial charge is 0.254 e. The summed E-state index contributed by atoms with van der Waals surface area (Å²) in [6.45, 7) is 3.53. The van der Waals surface area contributed by atoms with Gasteiger partial charge in [0.1, 0.15) is 0 Å². The van der Waals surface area contributed by atoms with Crippen LogP contribution in [0.2, 0.25) is 0 Å². The molecule has 7 heteroatoms. The number of hydrogen-bond donors (Lipinski definition) is 3. The summed E-state index contributed by atoms with van der Waals surface area (Å²) in [7, 11) is 0. The number of hydrogen-bond acceptors (Lipinski definition) is 3. The standard InChI is InChI=1S/C14H18F3NO3/c1-3-14(4-2,7-19)6-18-13(21)8-5-9(15)11(17)12(20)10(8)16/h5,19-20H,3-4,6-7H2,1-2H3,(H,18,21). The summed E-state index contributed by atoms with van der Waals surface area (Å²) in [4.78, 5) is 11.8. The zero-order valence-corrected chi connectivity index (χ0v) is 11.8. The minimum absolute atomic E-state index is 0.0501. The first-order valence-corrected chi connectivity index (χ1v) is 6.57. The highest BCUT2D eigenvalue weighted by atomic mass is 19.2. The first-order valence-electron chi connectivity index (χ1n) is 6.57. The van der Waals surface area contributed by atoms with Crippen molar-refractivity contribution in [3.05, 3.63) is 29.1 Å².